The van der Waals surface area contributed by atoms with Gasteiger partial charge in [-0.1, -0.05) is 25.2 Å². The molecule has 1 amide bonds. The SMILES string of the molecule is CC(C)C1CCCN1C(=O)c1sc(N(C)C)nc1N. The standard InChI is InChI=1S/C13H22N4OS/c1-8(2)9-6-5-7-17(9)12(18)10-11(14)15-13(19-10)16(3)4/h8-9H,5-7,14H2,1-4H3. The maximum atomic E-state index is 12.6. The molecule has 1 aromatic heterocycles. The van der Waals surface area contributed by atoms with E-state index in [-0.39, 0.29) is 5.91 Å². The first kappa shape index (κ1) is 14.1. The Kier molecular flexibility index (Phi) is 3.99. The molecule has 1 aliphatic rings. The van der Waals surface area contributed by atoms with Crippen LogP contribution in [0.3, 0.4) is 0 Å². The van der Waals surface area contributed by atoms with Crippen molar-refractivity contribution < 1.29 is 4.79 Å². The highest BCUT2D eigenvalue weighted by Crippen LogP contribution is 2.32. The number of anilines is 2. The number of hydrogen-bond donors (Lipinski definition) is 1. The van der Waals surface area contributed by atoms with Crippen molar-refractivity contribution >= 4 is 28.2 Å². The summed E-state index contributed by atoms with van der Waals surface area (Å²) in [6.45, 7) is 5.16. The second-order valence-corrected chi connectivity index (χ2v) is 6.53. The monoisotopic (exact) mass is 282 g/mol. The Bertz CT molecular complexity index is 469. The molecule has 1 aliphatic heterocycles. The van der Waals surface area contributed by atoms with Crippen molar-refractivity contribution in [3.8, 4) is 0 Å². The molecule has 1 fully saturated rings. The zero-order valence-electron chi connectivity index (χ0n) is 12.0. The first-order valence-corrected chi connectivity index (χ1v) is 7.48. The van der Waals surface area contributed by atoms with Crippen molar-refractivity contribution in [3.05, 3.63) is 4.88 Å². The predicted octanol–water partition coefficient (Wildman–Crippen LogP) is 2.05. The van der Waals surface area contributed by atoms with Gasteiger partial charge >= 0.3 is 0 Å². The third kappa shape index (κ3) is 2.68. The van der Waals surface area contributed by atoms with Crippen molar-refractivity contribution in [1.82, 2.24) is 9.88 Å². The van der Waals surface area contributed by atoms with Crippen LogP contribution in [0.15, 0.2) is 0 Å². The summed E-state index contributed by atoms with van der Waals surface area (Å²) in [6.07, 6.45) is 2.16. The Labute approximate surface area is 118 Å². The molecule has 5 nitrogen and oxygen atoms in total. The van der Waals surface area contributed by atoms with Crippen LogP contribution in [0.1, 0.15) is 36.4 Å². The molecule has 2 N–H and O–H groups in total. The van der Waals surface area contributed by atoms with E-state index in [9.17, 15) is 4.79 Å². The number of thiazole rings is 1. The highest BCUT2D eigenvalue weighted by atomic mass is 32.1. The largest absolute Gasteiger partial charge is 0.382 e. The van der Waals surface area contributed by atoms with Gasteiger partial charge in [0, 0.05) is 26.7 Å². The average Bonchev–Trinajstić information content (AvgIpc) is 2.93. The normalized spacial score (nSPS) is 19.2. The van der Waals surface area contributed by atoms with Gasteiger partial charge in [-0.05, 0) is 18.8 Å². The van der Waals surface area contributed by atoms with Gasteiger partial charge in [0.25, 0.3) is 5.91 Å². The fourth-order valence-electron chi connectivity index (χ4n) is 2.53. The summed E-state index contributed by atoms with van der Waals surface area (Å²) in [5.74, 6) is 0.876. The van der Waals surface area contributed by atoms with E-state index in [0.717, 1.165) is 24.5 Å². The van der Waals surface area contributed by atoms with Gasteiger partial charge in [-0.15, -0.1) is 0 Å². The van der Waals surface area contributed by atoms with Crippen LogP contribution in [-0.2, 0) is 0 Å². The molecule has 6 heteroatoms. The molecule has 2 heterocycles. The minimum Gasteiger partial charge on any atom is -0.382 e. The molecule has 106 valence electrons. The molecule has 1 saturated heterocycles. The fourth-order valence-corrected chi connectivity index (χ4v) is 3.40. The zero-order chi connectivity index (χ0) is 14.2. The second kappa shape index (κ2) is 5.36. The van der Waals surface area contributed by atoms with Gasteiger partial charge in [-0.25, -0.2) is 4.98 Å². The quantitative estimate of drug-likeness (QED) is 0.921. The van der Waals surface area contributed by atoms with Crippen LogP contribution in [-0.4, -0.2) is 42.5 Å². The first-order chi connectivity index (χ1) is 8.91. The molecule has 0 radical (unpaired) electrons. The average molecular weight is 282 g/mol. The molecule has 1 unspecified atom stereocenters. The van der Waals surface area contributed by atoms with Crippen molar-refractivity contribution in [2.24, 2.45) is 5.92 Å². The van der Waals surface area contributed by atoms with Gasteiger partial charge in [-0.3, -0.25) is 4.79 Å². The molecular weight excluding hydrogens is 260 g/mol. The van der Waals surface area contributed by atoms with Crippen LogP contribution >= 0.6 is 11.3 Å². The van der Waals surface area contributed by atoms with Gasteiger partial charge in [0.1, 0.15) is 10.7 Å². The van der Waals surface area contributed by atoms with Gasteiger partial charge in [0.2, 0.25) is 0 Å². The van der Waals surface area contributed by atoms with Crippen molar-refractivity contribution in [2.75, 3.05) is 31.3 Å². The highest BCUT2D eigenvalue weighted by Gasteiger charge is 2.33. The lowest BCUT2D eigenvalue weighted by Gasteiger charge is -2.27. The lowest BCUT2D eigenvalue weighted by molar-refractivity contribution is 0.0707. The second-order valence-electron chi connectivity index (χ2n) is 5.56. The zero-order valence-corrected chi connectivity index (χ0v) is 12.8. The third-order valence-electron chi connectivity index (χ3n) is 3.55. The van der Waals surface area contributed by atoms with Gasteiger partial charge in [0.05, 0.1) is 0 Å². The molecule has 0 saturated carbocycles. The molecule has 0 bridgehead atoms. The number of amides is 1. The Morgan fingerprint density at radius 2 is 2.21 bits per heavy atom. The summed E-state index contributed by atoms with van der Waals surface area (Å²) in [6, 6.07) is 0.330. The van der Waals surface area contributed by atoms with E-state index in [1.165, 1.54) is 11.3 Å². The van der Waals surface area contributed by atoms with E-state index in [4.69, 9.17) is 5.73 Å². The van der Waals surface area contributed by atoms with Crippen LogP contribution in [0, 0.1) is 5.92 Å². The van der Waals surface area contributed by atoms with Crippen molar-refractivity contribution in [3.63, 3.8) is 0 Å². The predicted molar refractivity (Wildman–Crippen MR) is 79.7 cm³/mol. The lowest BCUT2D eigenvalue weighted by atomic mass is 10.0. The number of likely N-dealkylation sites (tertiary alicyclic amines) is 1. The number of nitrogens with two attached hydrogens (primary N) is 1. The highest BCUT2D eigenvalue weighted by molar-refractivity contribution is 7.18. The van der Waals surface area contributed by atoms with E-state index in [1.54, 1.807) is 0 Å². The topological polar surface area (TPSA) is 62.5 Å². The van der Waals surface area contributed by atoms with Gasteiger partial charge in [-0.2, -0.15) is 0 Å². The number of carbonyl (C=O) groups excluding carboxylic acids is 1. The fraction of sp³-hybridized carbons (Fsp3) is 0.692. The van der Waals surface area contributed by atoms with E-state index < -0.39 is 0 Å². The number of rotatable bonds is 3. The number of nitrogens with zero attached hydrogens (tertiary/aromatic N) is 3. The van der Waals surface area contributed by atoms with Crippen molar-refractivity contribution in [2.45, 2.75) is 32.7 Å². The molecule has 2 rings (SSSR count). The van der Waals surface area contributed by atoms with Crippen LogP contribution in [0.2, 0.25) is 0 Å². The molecular formula is C13H22N4OS. The van der Waals surface area contributed by atoms with Crippen molar-refractivity contribution in [1.29, 1.82) is 0 Å². The molecule has 1 atom stereocenters. The van der Waals surface area contributed by atoms with Crippen LogP contribution < -0.4 is 10.6 Å². The van der Waals surface area contributed by atoms with E-state index in [2.05, 4.69) is 18.8 Å². The number of hydrogen-bond acceptors (Lipinski definition) is 5. The van der Waals surface area contributed by atoms with Gasteiger partial charge < -0.3 is 15.5 Å². The number of carbonyl (C=O) groups is 1. The minimum atomic E-state index is 0.0410. The summed E-state index contributed by atoms with van der Waals surface area (Å²) in [5, 5.41) is 0.779. The number of aromatic nitrogens is 1. The third-order valence-corrected chi connectivity index (χ3v) is 4.78. The van der Waals surface area contributed by atoms with Crippen LogP contribution in [0.4, 0.5) is 10.9 Å². The Morgan fingerprint density at radius 3 is 2.74 bits per heavy atom. The summed E-state index contributed by atoms with van der Waals surface area (Å²) in [5.41, 5.74) is 5.89. The summed E-state index contributed by atoms with van der Waals surface area (Å²) >= 11 is 1.37. The maximum absolute atomic E-state index is 12.6. The van der Waals surface area contributed by atoms with E-state index in [1.807, 2.05) is 23.9 Å². The Morgan fingerprint density at radius 1 is 1.53 bits per heavy atom. The number of nitrogen functional groups attached to an aromatic ring is 1. The maximum Gasteiger partial charge on any atom is 0.268 e. The molecule has 1 aromatic rings. The molecule has 0 spiro atoms. The molecule has 19 heavy (non-hydrogen) atoms. The van der Waals surface area contributed by atoms with E-state index >= 15 is 0 Å². The van der Waals surface area contributed by atoms with E-state index in [0.29, 0.717) is 22.7 Å². The molecule has 0 aliphatic carbocycles. The minimum absolute atomic E-state index is 0.0410. The Balaban J connectivity index is 2.24. The van der Waals surface area contributed by atoms with Gasteiger partial charge in [0.15, 0.2) is 5.13 Å². The smallest absolute Gasteiger partial charge is 0.268 e. The molecule has 0 aromatic carbocycles. The summed E-state index contributed by atoms with van der Waals surface area (Å²) in [4.78, 5) is 21.3. The van der Waals surface area contributed by atoms with Crippen LogP contribution in [0.5, 0.6) is 0 Å². The summed E-state index contributed by atoms with van der Waals surface area (Å²) in [7, 11) is 3.80. The first-order valence-electron chi connectivity index (χ1n) is 6.66. The van der Waals surface area contributed by atoms with Crippen LogP contribution in [0.25, 0.3) is 0 Å². The summed E-state index contributed by atoms with van der Waals surface area (Å²) < 4.78 is 0. The lowest BCUT2D eigenvalue weighted by Crippen LogP contribution is -2.38. The Hall–Kier alpha value is -1.30.